The van der Waals surface area contributed by atoms with Gasteiger partial charge in [0.1, 0.15) is 0 Å². The smallest absolute Gasteiger partial charge is 0.313 e. The zero-order valence-corrected chi connectivity index (χ0v) is 15.7. The largest absolute Gasteiger partial charge is 0.361 e. The number of likely N-dealkylation sites (tertiary alicyclic amines) is 1. The minimum absolute atomic E-state index is 0.0355. The van der Waals surface area contributed by atoms with E-state index in [1.807, 2.05) is 30.5 Å². The molecule has 1 aromatic heterocycles. The maximum atomic E-state index is 12.3. The lowest BCUT2D eigenvalue weighted by Gasteiger charge is -2.32. The van der Waals surface area contributed by atoms with Crippen molar-refractivity contribution in [3.05, 3.63) is 66.4 Å². The highest BCUT2D eigenvalue weighted by Crippen LogP contribution is 2.22. The molecule has 4 rings (SSSR count). The van der Waals surface area contributed by atoms with Crippen molar-refractivity contribution < 1.29 is 9.59 Å². The normalized spacial score (nSPS) is 15.4. The molecule has 0 aliphatic carbocycles. The van der Waals surface area contributed by atoms with E-state index in [1.165, 1.54) is 5.56 Å². The lowest BCUT2D eigenvalue weighted by molar-refractivity contribution is -0.136. The third-order valence-corrected chi connectivity index (χ3v) is 5.22. The molecule has 0 saturated carbocycles. The molecule has 3 N–H and O–H groups in total. The number of hydrogen-bond acceptors (Lipinski definition) is 3. The van der Waals surface area contributed by atoms with Crippen LogP contribution in [0.4, 0.5) is 5.69 Å². The van der Waals surface area contributed by atoms with Gasteiger partial charge in [-0.05, 0) is 36.6 Å². The van der Waals surface area contributed by atoms with E-state index in [-0.39, 0.29) is 6.04 Å². The van der Waals surface area contributed by atoms with Gasteiger partial charge in [-0.25, -0.2) is 0 Å². The summed E-state index contributed by atoms with van der Waals surface area (Å²) < 4.78 is 0. The number of nitrogens with one attached hydrogen (secondary N) is 3. The number of aromatic nitrogens is 1. The lowest BCUT2D eigenvalue weighted by Crippen LogP contribution is -2.47. The van der Waals surface area contributed by atoms with Gasteiger partial charge in [0.25, 0.3) is 0 Å². The molecule has 1 fully saturated rings. The van der Waals surface area contributed by atoms with Gasteiger partial charge >= 0.3 is 11.8 Å². The van der Waals surface area contributed by atoms with E-state index in [1.54, 1.807) is 6.07 Å². The first-order valence-electron chi connectivity index (χ1n) is 9.63. The fourth-order valence-electron chi connectivity index (χ4n) is 3.70. The quantitative estimate of drug-likeness (QED) is 0.613. The zero-order valence-electron chi connectivity index (χ0n) is 15.7. The van der Waals surface area contributed by atoms with Crippen LogP contribution in [0, 0.1) is 0 Å². The number of H-pyrrole nitrogens is 1. The van der Waals surface area contributed by atoms with Crippen LogP contribution in [0.15, 0.2) is 60.8 Å². The molecule has 28 heavy (non-hydrogen) atoms. The number of piperidine rings is 1. The number of amides is 2. The Kier molecular flexibility index (Phi) is 5.39. The maximum absolute atomic E-state index is 12.3. The highest BCUT2D eigenvalue weighted by atomic mass is 16.2. The molecular formula is C22H24N4O2. The molecule has 6 nitrogen and oxygen atoms in total. The lowest BCUT2D eigenvalue weighted by atomic mass is 10.0. The fraction of sp³-hybridized carbons (Fsp3) is 0.273. The topological polar surface area (TPSA) is 77.2 Å². The van der Waals surface area contributed by atoms with E-state index in [9.17, 15) is 9.59 Å². The van der Waals surface area contributed by atoms with Crippen LogP contribution in [0.25, 0.3) is 10.9 Å². The van der Waals surface area contributed by atoms with Gasteiger partial charge in [0.05, 0.1) is 5.69 Å². The van der Waals surface area contributed by atoms with E-state index in [0.29, 0.717) is 5.69 Å². The molecule has 0 bridgehead atoms. The van der Waals surface area contributed by atoms with Crippen molar-refractivity contribution in [1.82, 2.24) is 15.2 Å². The SMILES string of the molecule is O=C(Nc1cccc2[nH]ccc12)C(=O)NC1CCN(Cc2ccccc2)CC1. The van der Waals surface area contributed by atoms with Gasteiger partial charge in [0.15, 0.2) is 0 Å². The van der Waals surface area contributed by atoms with E-state index in [4.69, 9.17) is 0 Å². The summed E-state index contributed by atoms with van der Waals surface area (Å²) in [6, 6.07) is 17.9. The number of carbonyl (C=O) groups excluding carboxylic acids is 2. The predicted octanol–water partition coefficient (Wildman–Crippen LogP) is 2.89. The molecule has 1 aliphatic rings. The summed E-state index contributed by atoms with van der Waals surface area (Å²) in [5.41, 5.74) is 2.85. The van der Waals surface area contributed by atoms with Crippen LogP contribution >= 0.6 is 0 Å². The number of rotatable bonds is 4. The van der Waals surface area contributed by atoms with Gasteiger partial charge in [-0.1, -0.05) is 36.4 Å². The standard InChI is InChI=1S/C22H24N4O2/c27-21(22(28)25-20-8-4-7-19-18(20)9-12-23-19)24-17-10-13-26(14-11-17)15-16-5-2-1-3-6-16/h1-9,12,17,23H,10-11,13-15H2,(H,24,27)(H,25,28). The van der Waals surface area contributed by atoms with Crippen molar-refractivity contribution >= 4 is 28.4 Å². The summed E-state index contributed by atoms with van der Waals surface area (Å²) in [4.78, 5) is 30.1. The molecule has 1 saturated heterocycles. The number of hydrogen-bond donors (Lipinski definition) is 3. The first kappa shape index (κ1) is 18.3. The molecule has 0 unspecified atom stereocenters. The van der Waals surface area contributed by atoms with E-state index >= 15 is 0 Å². The first-order valence-corrected chi connectivity index (χ1v) is 9.63. The van der Waals surface area contributed by atoms with Gasteiger partial charge in [0.2, 0.25) is 0 Å². The second-order valence-electron chi connectivity index (χ2n) is 7.21. The van der Waals surface area contributed by atoms with Crippen LogP contribution in [0.2, 0.25) is 0 Å². The molecule has 2 heterocycles. The predicted molar refractivity (Wildman–Crippen MR) is 110 cm³/mol. The van der Waals surface area contributed by atoms with E-state index in [2.05, 4.69) is 44.8 Å². The highest BCUT2D eigenvalue weighted by Gasteiger charge is 2.23. The first-order chi connectivity index (χ1) is 13.7. The number of aromatic amines is 1. The Morgan fingerprint density at radius 2 is 1.75 bits per heavy atom. The Hall–Kier alpha value is -3.12. The van der Waals surface area contributed by atoms with Crippen molar-refractivity contribution in [2.24, 2.45) is 0 Å². The van der Waals surface area contributed by atoms with Crippen LogP contribution < -0.4 is 10.6 Å². The molecule has 0 atom stereocenters. The van der Waals surface area contributed by atoms with Gasteiger partial charge in [0, 0.05) is 42.8 Å². The van der Waals surface area contributed by atoms with Crippen LogP contribution in [-0.2, 0) is 16.1 Å². The van der Waals surface area contributed by atoms with Gasteiger partial charge < -0.3 is 15.6 Å². The Balaban J connectivity index is 1.27. The second kappa shape index (κ2) is 8.27. The van der Waals surface area contributed by atoms with Crippen LogP contribution in [0.1, 0.15) is 18.4 Å². The monoisotopic (exact) mass is 376 g/mol. The third kappa shape index (κ3) is 4.23. The van der Waals surface area contributed by atoms with E-state index in [0.717, 1.165) is 43.4 Å². The second-order valence-corrected chi connectivity index (χ2v) is 7.21. The van der Waals surface area contributed by atoms with E-state index < -0.39 is 11.8 Å². The van der Waals surface area contributed by atoms with Crippen LogP contribution in [-0.4, -0.2) is 40.8 Å². The zero-order chi connectivity index (χ0) is 19.3. The molecule has 1 aliphatic heterocycles. The minimum atomic E-state index is -0.625. The number of nitrogens with zero attached hydrogens (tertiary/aromatic N) is 1. The summed E-state index contributed by atoms with van der Waals surface area (Å²) in [7, 11) is 0. The molecule has 2 amide bonds. The Bertz CT molecular complexity index is 959. The number of carbonyl (C=O) groups is 2. The average molecular weight is 376 g/mol. The van der Waals surface area contributed by atoms with Crippen LogP contribution in [0.3, 0.4) is 0 Å². The summed E-state index contributed by atoms with van der Waals surface area (Å²) in [5.74, 6) is -1.20. The Morgan fingerprint density at radius 3 is 2.54 bits per heavy atom. The average Bonchev–Trinajstić information content (AvgIpc) is 3.20. The van der Waals surface area contributed by atoms with Crippen molar-refractivity contribution in [2.75, 3.05) is 18.4 Å². The van der Waals surface area contributed by atoms with Crippen molar-refractivity contribution in [2.45, 2.75) is 25.4 Å². The number of anilines is 1. The summed E-state index contributed by atoms with van der Waals surface area (Å²) in [6.45, 7) is 2.73. The van der Waals surface area contributed by atoms with Crippen molar-refractivity contribution in [3.63, 3.8) is 0 Å². The number of benzene rings is 2. The highest BCUT2D eigenvalue weighted by molar-refractivity contribution is 6.40. The number of fused-ring (bicyclic) bond motifs is 1. The summed E-state index contributed by atoms with van der Waals surface area (Å²) in [5, 5.41) is 6.49. The molecule has 144 valence electrons. The third-order valence-electron chi connectivity index (χ3n) is 5.22. The molecule has 6 heteroatoms. The minimum Gasteiger partial charge on any atom is -0.361 e. The molecule has 0 spiro atoms. The molecule has 2 aromatic carbocycles. The molecule has 3 aromatic rings. The van der Waals surface area contributed by atoms with Gasteiger partial charge in [-0.15, -0.1) is 0 Å². The fourth-order valence-corrected chi connectivity index (χ4v) is 3.70. The van der Waals surface area contributed by atoms with Crippen molar-refractivity contribution in [1.29, 1.82) is 0 Å². The van der Waals surface area contributed by atoms with Gasteiger partial charge in [-0.3, -0.25) is 14.5 Å². The van der Waals surface area contributed by atoms with Crippen LogP contribution in [0.5, 0.6) is 0 Å². The van der Waals surface area contributed by atoms with Crippen molar-refractivity contribution in [3.8, 4) is 0 Å². The summed E-state index contributed by atoms with van der Waals surface area (Å²) >= 11 is 0. The summed E-state index contributed by atoms with van der Waals surface area (Å²) in [6.07, 6.45) is 3.50. The Labute approximate surface area is 163 Å². The maximum Gasteiger partial charge on any atom is 0.313 e. The van der Waals surface area contributed by atoms with Gasteiger partial charge in [-0.2, -0.15) is 0 Å². The molecule has 0 radical (unpaired) electrons. The molecular weight excluding hydrogens is 352 g/mol. The Morgan fingerprint density at radius 1 is 0.964 bits per heavy atom.